The number of methoxy groups -OCH3 is 2. The summed E-state index contributed by atoms with van der Waals surface area (Å²) >= 11 is 1.70. The lowest BCUT2D eigenvalue weighted by molar-refractivity contribution is -0.124. The van der Waals surface area contributed by atoms with Crippen molar-refractivity contribution in [1.82, 2.24) is 10.2 Å². The van der Waals surface area contributed by atoms with Crippen molar-refractivity contribution >= 4 is 23.6 Å². The Morgan fingerprint density at radius 1 is 1.06 bits per heavy atom. The molecule has 1 aliphatic rings. The van der Waals surface area contributed by atoms with Crippen LogP contribution in [-0.2, 0) is 11.2 Å². The van der Waals surface area contributed by atoms with E-state index in [1.54, 1.807) is 49.1 Å². The third kappa shape index (κ3) is 6.44. The van der Waals surface area contributed by atoms with Gasteiger partial charge in [-0.05, 0) is 36.6 Å². The van der Waals surface area contributed by atoms with E-state index >= 15 is 0 Å². The normalized spacial score (nSPS) is 17.6. The summed E-state index contributed by atoms with van der Waals surface area (Å²) in [6.07, 6.45) is 4.90. The first-order chi connectivity index (χ1) is 16.1. The minimum absolute atomic E-state index is 0.0120. The molecule has 0 saturated carbocycles. The number of ether oxygens (including phenoxy) is 2. The fraction of sp³-hybridized carbons (Fsp3) is 0.462. The van der Waals surface area contributed by atoms with E-state index in [4.69, 9.17) is 9.47 Å². The van der Waals surface area contributed by atoms with Crippen LogP contribution in [0.5, 0.6) is 11.5 Å². The van der Waals surface area contributed by atoms with Crippen LogP contribution in [0.3, 0.4) is 0 Å². The first kappa shape index (κ1) is 25.0. The van der Waals surface area contributed by atoms with E-state index in [0.29, 0.717) is 29.4 Å². The van der Waals surface area contributed by atoms with E-state index in [9.17, 15) is 9.59 Å². The van der Waals surface area contributed by atoms with Crippen molar-refractivity contribution in [1.29, 1.82) is 0 Å². The number of carbonyl (C=O) groups excluding carboxylic acids is 2. The van der Waals surface area contributed by atoms with Crippen molar-refractivity contribution < 1.29 is 19.1 Å². The largest absolute Gasteiger partial charge is 0.493 e. The molecule has 0 radical (unpaired) electrons. The molecule has 33 heavy (non-hydrogen) atoms. The molecule has 2 aromatic carbocycles. The Labute approximate surface area is 201 Å². The van der Waals surface area contributed by atoms with Gasteiger partial charge in [0, 0.05) is 17.9 Å². The molecule has 6 nitrogen and oxygen atoms in total. The van der Waals surface area contributed by atoms with Crippen molar-refractivity contribution in [2.45, 2.75) is 50.4 Å². The SMILES string of the molecule is CCCCCC1SCC(C(=O)NCCc2ccccc2)N1C(=O)c1ccc(OC)c(OC)c1. The van der Waals surface area contributed by atoms with E-state index in [1.165, 1.54) is 5.56 Å². The van der Waals surface area contributed by atoms with E-state index in [-0.39, 0.29) is 17.2 Å². The van der Waals surface area contributed by atoms with Gasteiger partial charge >= 0.3 is 0 Å². The second kappa shape index (κ2) is 12.5. The fourth-order valence-corrected chi connectivity index (χ4v) is 5.49. The van der Waals surface area contributed by atoms with E-state index in [1.807, 2.05) is 30.3 Å². The summed E-state index contributed by atoms with van der Waals surface area (Å²) in [5.41, 5.74) is 1.67. The van der Waals surface area contributed by atoms with Gasteiger partial charge in [-0.25, -0.2) is 0 Å². The molecule has 0 spiro atoms. The molecule has 2 amide bonds. The molecule has 0 bridgehead atoms. The first-order valence-corrected chi connectivity index (χ1v) is 12.6. The molecule has 178 valence electrons. The fourth-order valence-electron chi connectivity index (χ4n) is 4.04. The van der Waals surface area contributed by atoms with E-state index in [0.717, 1.165) is 32.1 Å². The highest BCUT2D eigenvalue weighted by molar-refractivity contribution is 8.00. The maximum atomic E-state index is 13.6. The Hall–Kier alpha value is -2.67. The number of amides is 2. The van der Waals surface area contributed by atoms with Crippen molar-refractivity contribution in [3.05, 3.63) is 59.7 Å². The number of benzene rings is 2. The van der Waals surface area contributed by atoms with Gasteiger partial charge in [-0.2, -0.15) is 0 Å². The smallest absolute Gasteiger partial charge is 0.255 e. The lowest BCUT2D eigenvalue weighted by Crippen LogP contribution is -2.50. The van der Waals surface area contributed by atoms with Crippen molar-refractivity contribution in [2.24, 2.45) is 0 Å². The van der Waals surface area contributed by atoms with Gasteiger partial charge in [0.15, 0.2) is 11.5 Å². The van der Waals surface area contributed by atoms with Crippen molar-refractivity contribution in [2.75, 3.05) is 26.5 Å². The molecule has 1 fully saturated rings. The number of unbranched alkanes of at least 4 members (excludes halogenated alkanes) is 2. The summed E-state index contributed by atoms with van der Waals surface area (Å²) in [5, 5.41) is 3.04. The number of hydrogen-bond donors (Lipinski definition) is 1. The molecule has 7 heteroatoms. The third-order valence-electron chi connectivity index (χ3n) is 5.87. The second-order valence-electron chi connectivity index (χ2n) is 8.11. The number of nitrogens with zero attached hydrogens (tertiary/aromatic N) is 1. The van der Waals surface area contributed by atoms with Crippen LogP contribution >= 0.6 is 11.8 Å². The van der Waals surface area contributed by atoms with Crippen LogP contribution < -0.4 is 14.8 Å². The molecule has 1 heterocycles. The number of thioether (sulfide) groups is 1. The first-order valence-electron chi connectivity index (χ1n) is 11.6. The van der Waals surface area contributed by atoms with Crippen molar-refractivity contribution in [3.8, 4) is 11.5 Å². The zero-order chi connectivity index (χ0) is 23.6. The Morgan fingerprint density at radius 2 is 1.82 bits per heavy atom. The van der Waals surface area contributed by atoms with Gasteiger partial charge in [0.05, 0.1) is 19.6 Å². The zero-order valence-corrected chi connectivity index (χ0v) is 20.5. The average Bonchev–Trinajstić information content (AvgIpc) is 3.27. The maximum Gasteiger partial charge on any atom is 0.255 e. The third-order valence-corrected chi connectivity index (χ3v) is 7.23. The number of nitrogens with one attached hydrogen (secondary N) is 1. The monoisotopic (exact) mass is 470 g/mol. The number of rotatable bonds is 11. The van der Waals surface area contributed by atoms with Crippen LogP contribution in [0.15, 0.2) is 48.5 Å². The van der Waals surface area contributed by atoms with Gasteiger partial charge in [-0.15, -0.1) is 11.8 Å². The summed E-state index contributed by atoms with van der Waals surface area (Å²) in [7, 11) is 3.12. The molecular weight excluding hydrogens is 436 g/mol. The zero-order valence-electron chi connectivity index (χ0n) is 19.7. The van der Waals surface area contributed by atoms with Crippen molar-refractivity contribution in [3.63, 3.8) is 0 Å². The van der Waals surface area contributed by atoms with Crippen LogP contribution in [-0.4, -0.2) is 54.6 Å². The van der Waals surface area contributed by atoms with E-state index in [2.05, 4.69) is 12.2 Å². The molecular formula is C26H34N2O4S. The van der Waals surface area contributed by atoms with E-state index < -0.39 is 6.04 Å². The molecule has 0 aliphatic carbocycles. The predicted octanol–water partition coefficient (Wildman–Crippen LogP) is 4.53. The molecule has 1 N–H and O–H groups in total. The number of carbonyl (C=O) groups is 2. The highest BCUT2D eigenvalue weighted by atomic mass is 32.2. The van der Waals surface area contributed by atoms with Gasteiger partial charge in [-0.3, -0.25) is 9.59 Å². The average molecular weight is 471 g/mol. The minimum Gasteiger partial charge on any atom is -0.493 e. The number of hydrogen-bond acceptors (Lipinski definition) is 5. The van der Waals surface area contributed by atoms with Gasteiger partial charge in [-0.1, -0.05) is 56.5 Å². The summed E-state index contributed by atoms with van der Waals surface area (Å²) in [6.45, 7) is 2.71. The highest BCUT2D eigenvalue weighted by Crippen LogP contribution is 2.35. The quantitative estimate of drug-likeness (QED) is 0.489. The Balaban J connectivity index is 1.74. The Kier molecular flexibility index (Phi) is 9.48. The molecule has 2 aromatic rings. The second-order valence-corrected chi connectivity index (χ2v) is 9.32. The molecule has 2 atom stereocenters. The van der Waals surface area contributed by atoms with Gasteiger partial charge < -0.3 is 19.7 Å². The van der Waals surface area contributed by atoms with Crippen LogP contribution in [0.25, 0.3) is 0 Å². The summed E-state index contributed by atoms with van der Waals surface area (Å²) in [6, 6.07) is 14.7. The Bertz CT molecular complexity index is 922. The molecule has 2 unspecified atom stereocenters. The summed E-state index contributed by atoms with van der Waals surface area (Å²) in [5.74, 6) is 1.43. The van der Waals surface area contributed by atoms with Gasteiger partial charge in [0.2, 0.25) is 5.91 Å². The molecule has 1 saturated heterocycles. The minimum atomic E-state index is -0.488. The lowest BCUT2D eigenvalue weighted by atomic mass is 10.1. The Morgan fingerprint density at radius 3 is 2.52 bits per heavy atom. The van der Waals surface area contributed by atoms with Gasteiger partial charge in [0.25, 0.3) is 5.91 Å². The van der Waals surface area contributed by atoms with Gasteiger partial charge in [0.1, 0.15) is 6.04 Å². The van der Waals surface area contributed by atoms with Crippen LogP contribution in [0.2, 0.25) is 0 Å². The topological polar surface area (TPSA) is 67.9 Å². The van der Waals surface area contributed by atoms with Crippen LogP contribution in [0.4, 0.5) is 0 Å². The predicted molar refractivity (Wildman–Crippen MR) is 133 cm³/mol. The van der Waals surface area contributed by atoms with Crippen LogP contribution in [0, 0.1) is 0 Å². The summed E-state index contributed by atoms with van der Waals surface area (Å²) < 4.78 is 10.7. The summed E-state index contributed by atoms with van der Waals surface area (Å²) in [4.78, 5) is 28.5. The lowest BCUT2D eigenvalue weighted by Gasteiger charge is -2.29. The highest BCUT2D eigenvalue weighted by Gasteiger charge is 2.41. The molecule has 0 aromatic heterocycles. The molecule has 1 aliphatic heterocycles. The maximum absolute atomic E-state index is 13.6. The van der Waals surface area contributed by atoms with Crippen LogP contribution in [0.1, 0.15) is 48.5 Å². The standard InChI is InChI=1S/C26H34N2O4S/c1-4-5-7-12-24-28(26(30)20-13-14-22(31-2)23(17-20)32-3)21(18-33-24)25(29)27-16-15-19-10-8-6-9-11-19/h6,8-11,13-14,17,21,24H,4-5,7,12,15-16,18H2,1-3H3,(H,27,29). The molecule has 3 rings (SSSR count).